The summed E-state index contributed by atoms with van der Waals surface area (Å²) in [6.45, 7) is 2.09. The van der Waals surface area contributed by atoms with Crippen LogP contribution in [0.25, 0.3) is 21.8 Å². The summed E-state index contributed by atoms with van der Waals surface area (Å²) in [6.07, 6.45) is 7.34. The molecule has 1 aliphatic rings. The lowest BCUT2D eigenvalue weighted by Gasteiger charge is -2.32. The van der Waals surface area contributed by atoms with Crippen LogP contribution in [0.2, 0.25) is 0 Å². The Hall–Kier alpha value is -2.81. The number of rotatable bonds is 3. The monoisotopic (exact) mass is 356 g/mol. The van der Waals surface area contributed by atoms with E-state index in [2.05, 4.69) is 77.8 Å². The fraction of sp³-hybridized carbons (Fsp3) is 0.292. The number of ketones is 1. The molecule has 0 bridgehead atoms. The van der Waals surface area contributed by atoms with E-state index in [1.54, 1.807) is 0 Å². The second kappa shape index (κ2) is 6.41. The Morgan fingerprint density at radius 3 is 2.00 bits per heavy atom. The summed E-state index contributed by atoms with van der Waals surface area (Å²) in [5, 5.41) is 2.44. The van der Waals surface area contributed by atoms with Crippen molar-refractivity contribution in [3.8, 4) is 0 Å². The average molecular weight is 356 g/mol. The van der Waals surface area contributed by atoms with E-state index in [1.165, 1.54) is 21.9 Å². The van der Waals surface area contributed by atoms with Gasteiger partial charge in [-0.05, 0) is 36.1 Å². The van der Waals surface area contributed by atoms with Gasteiger partial charge in [-0.3, -0.25) is 4.79 Å². The van der Waals surface area contributed by atoms with Crippen molar-refractivity contribution in [3.05, 3.63) is 72.1 Å². The molecule has 27 heavy (non-hydrogen) atoms. The van der Waals surface area contributed by atoms with Crippen molar-refractivity contribution in [1.29, 1.82) is 0 Å². The molecule has 1 aliphatic carbocycles. The Labute approximate surface area is 158 Å². The molecule has 2 N–H and O–H groups in total. The number of hydrogen-bond acceptors (Lipinski definition) is 1. The quantitative estimate of drug-likeness (QED) is 0.480. The van der Waals surface area contributed by atoms with Crippen LogP contribution in [0.5, 0.6) is 0 Å². The van der Waals surface area contributed by atoms with Crippen LogP contribution in [0.15, 0.2) is 60.9 Å². The lowest BCUT2D eigenvalue weighted by molar-refractivity contribution is -0.129. The zero-order chi connectivity index (χ0) is 18.4. The number of H-pyrrole nitrogens is 2. The molecule has 5 rings (SSSR count). The van der Waals surface area contributed by atoms with Gasteiger partial charge in [0.1, 0.15) is 5.78 Å². The van der Waals surface area contributed by atoms with Gasteiger partial charge < -0.3 is 9.97 Å². The van der Waals surface area contributed by atoms with E-state index in [-0.39, 0.29) is 17.8 Å². The van der Waals surface area contributed by atoms with Gasteiger partial charge in [0, 0.05) is 52.0 Å². The molecule has 0 aliphatic heterocycles. The van der Waals surface area contributed by atoms with E-state index in [1.807, 2.05) is 0 Å². The standard InChI is InChI=1S/C24H24N2O/c1-15-7-6-10-18(24(15)27)23(19-13-25-21-11-4-2-8-16(19)21)20-14-26-22-12-5-3-9-17(20)22/h2-5,8-9,11-15,18,23,25-26H,6-7,10H2,1H3/t15-,18-/m1/s1. The SMILES string of the molecule is C[C@@H]1CCC[C@H](C(c2c[nH]c3ccccc23)c2c[nH]c3ccccc23)C1=O. The van der Waals surface area contributed by atoms with Crippen LogP contribution in [-0.4, -0.2) is 15.8 Å². The van der Waals surface area contributed by atoms with Crippen molar-refractivity contribution < 1.29 is 4.79 Å². The van der Waals surface area contributed by atoms with Gasteiger partial charge in [0.15, 0.2) is 0 Å². The van der Waals surface area contributed by atoms with E-state index in [9.17, 15) is 4.79 Å². The zero-order valence-corrected chi connectivity index (χ0v) is 15.5. The third-order valence-corrected chi connectivity index (χ3v) is 6.32. The minimum atomic E-state index is 0.0344. The van der Waals surface area contributed by atoms with Gasteiger partial charge in [0.2, 0.25) is 0 Å². The lowest BCUT2D eigenvalue weighted by atomic mass is 9.70. The number of fused-ring (bicyclic) bond motifs is 2. The van der Waals surface area contributed by atoms with Crippen LogP contribution in [0.4, 0.5) is 0 Å². The number of aromatic amines is 2. The number of aromatic nitrogens is 2. The van der Waals surface area contributed by atoms with Crippen LogP contribution >= 0.6 is 0 Å². The molecule has 0 radical (unpaired) electrons. The molecule has 0 amide bonds. The van der Waals surface area contributed by atoms with Crippen molar-refractivity contribution in [1.82, 2.24) is 9.97 Å². The number of Topliss-reactive ketones (excluding diaryl/α,β-unsaturated/α-hetero) is 1. The van der Waals surface area contributed by atoms with E-state index in [4.69, 9.17) is 0 Å². The van der Waals surface area contributed by atoms with E-state index in [0.717, 1.165) is 30.3 Å². The third kappa shape index (κ3) is 2.61. The molecule has 1 saturated carbocycles. The fourth-order valence-electron chi connectivity index (χ4n) is 4.93. The minimum Gasteiger partial charge on any atom is -0.361 e. The number of hydrogen-bond donors (Lipinski definition) is 2. The van der Waals surface area contributed by atoms with E-state index in [0.29, 0.717) is 5.78 Å². The number of para-hydroxylation sites is 2. The molecule has 3 nitrogen and oxygen atoms in total. The molecule has 2 heterocycles. The highest BCUT2D eigenvalue weighted by atomic mass is 16.1. The van der Waals surface area contributed by atoms with Crippen molar-refractivity contribution >= 4 is 27.6 Å². The molecule has 1 fully saturated rings. The molecule has 0 saturated heterocycles. The maximum absolute atomic E-state index is 13.2. The third-order valence-electron chi connectivity index (χ3n) is 6.32. The second-order valence-electron chi connectivity index (χ2n) is 7.90. The molecule has 2 atom stereocenters. The van der Waals surface area contributed by atoms with Gasteiger partial charge in [0.25, 0.3) is 0 Å². The highest BCUT2D eigenvalue weighted by molar-refractivity contribution is 5.92. The van der Waals surface area contributed by atoms with Crippen LogP contribution < -0.4 is 0 Å². The predicted molar refractivity (Wildman–Crippen MR) is 110 cm³/mol. The molecule has 2 aromatic carbocycles. The number of benzene rings is 2. The number of nitrogens with one attached hydrogen (secondary N) is 2. The molecule has 2 aromatic heterocycles. The van der Waals surface area contributed by atoms with Crippen molar-refractivity contribution in [2.24, 2.45) is 11.8 Å². The lowest BCUT2D eigenvalue weighted by Crippen LogP contribution is -2.31. The Morgan fingerprint density at radius 1 is 0.852 bits per heavy atom. The Morgan fingerprint density at radius 2 is 1.41 bits per heavy atom. The van der Waals surface area contributed by atoms with Crippen molar-refractivity contribution in [3.63, 3.8) is 0 Å². The first-order valence-corrected chi connectivity index (χ1v) is 9.90. The molecule has 136 valence electrons. The van der Waals surface area contributed by atoms with Gasteiger partial charge in [-0.15, -0.1) is 0 Å². The van der Waals surface area contributed by atoms with Gasteiger partial charge in [-0.2, -0.15) is 0 Å². The molecular formula is C24H24N2O. The normalized spacial score (nSPS) is 20.7. The number of carbonyl (C=O) groups is 1. The summed E-state index contributed by atoms with van der Waals surface area (Å²) in [5.41, 5.74) is 4.74. The molecule has 0 unspecified atom stereocenters. The molecular weight excluding hydrogens is 332 g/mol. The van der Waals surface area contributed by atoms with Crippen molar-refractivity contribution in [2.45, 2.75) is 32.1 Å². The molecule has 3 heteroatoms. The number of carbonyl (C=O) groups excluding carboxylic acids is 1. The summed E-state index contributed by atoms with van der Waals surface area (Å²) in [7, 11) is 0. The largest absolute Gasteiger partial charge is 0.361 e. The van der Waals surface area contributed by atoms with Crippen LogP contribution in [0, 0.1) is 11.8 Å². The van der Waals surface area contributed by atoms with E-state index >= 15 is 0 Å². The van der Waals surface area contributed by atoms with E-state index < -0.39 is 0 Å². The summed E-state index contributed by atoms with van der Waals surface area (Å²) < 4.78 is 0. The first-order valence-electron chi connectivity index (χ1n) is 9.90. The molecule has 4 aromatic rings. The smallest absolute Gasteiger partial charge is 0.139 e. The van der Waals surface area contributed by atoms with Gasteiger partial charge in [-0.25, -0.2) is 0 Å². The highest BCUT2D eigenvalue weighted by Crippen LogP contribution is 2.44. The van der Waals surface area contributed by atoms with Crippen LogP contribution in [-0.2, 0) is 4.79 Å². The fourth-order valence-corrected chi connectivity index (χ4v) is 4.93. The topological polar surface area (TPSA) is 48.6 Å². The van der Waals surface area contributed by atoms with Crippen molar-refractivity contribution in [2.75, 3.05) is 0 Å². The summed E-state index contributed by atoms with van der Waals surface area (Å²) in [5.74, 6) is 0.684. The Balaban J connectivity index is 1.74. The molecule has 0 spiro atoms. The highest BCUT2D eigenvalue weighted by Gasteiger charge is 2.37. The van der Waals surface area contributed by atoms with Crippen LogP contribution in [0.3, 0.4) is 0 Å². The van der Waals surface area contributed by atoms with Gasteiger partial charge in [0.05, 0.1) is 0 Å². The maximum atomic E-state index is 13.2. The first kappa shape index (κ1) is 16.4. The average Bonchev–Trinajstić information content (AvgIpc) is 3.31. The Bertz CT molecular complexity index is 1050. The predicted octanol–water partition coefficient (Wildman–Crippen LogP) is 5.79. The van der Waals surface area contributed by atoms with Crippen LogP contribution in [0.1, 0.15) is 43.2 Å². The zero-order valence-electron chi connectivity index (χ0n) is 15.5. The summed E-state index contributed by atoms with van der Waals surface area (Å²) in [6, 6.07) is 16.8. The second-order valence-corrected chi connectivity index (χ2v) is 7.90. The summed E-state index contributed by atoms with van der Waals surface area (Å²) in [4.78, 5) is 20.1. The van der Waals surface area contributed by atoms with Gasteiger partial charge in [-0.1, -0.05) is 49.7 Å². The minimum absolute atomic E-state index is 0.0344. The Kier molecular flexibility index (Phi) is 3.89. The maximum Gasteiger partial charge on any atom is 0.139 e. The first-order chi connectivity index (χ1) is 13.2. The van der Waals surface area contributed by atoms with Gasteiger partial charge >= 0.3 is 0 Å². The summed E-state index contributed by atoms with van der Waals surface area (Å²) >= 11 is 0.